The van der Waals surface area contributed by atoms with Gasteiger partial charge in [0.25, 0.3) is 0 Å². The molecule has 1 saturated heterocycles. The molecule has 1 heterocycles. The number of carbonyl (C=O) groups is 2. The number of ether oxygens (including phenoxy) is 2. The molecule has 2 aromatic carbocycles. The molecule has 1 N–H and O–H groups in total. The molecular weight excluding hydrogens is 365 g/mol. The van der Waals surface area contributed by atoms with Gasteiger partial charge in [-0.1, -0.05) is 0 Å². The average Bonchev–Trinajstić information content (AvgIpc) is 3.10. The van der Waals surface area contributed by atoms with Crippen molar-refractivity contribution >= 4 is 23.7 Å². The highest BCUT2D eigenvalue weighted by atomic mass is 19.1. The van der Waals surface area contributed by atoms with Gasteiger partial charge in [-0.05, 0) is 48.0 Å². The Kier molecular flexibility index (Phi) is 5.88. The van der Waals surface area contributed by atoms with Crippen LogP contribution in [-0.2, 0) is 9.59 Å². The molecular formula is C20H20FN3O4. The minimum Gasteiger partial charge on any atom is -0.493 e. The minimum atomic E-state index is -0.528. The Labute approximate surface area is 161 Å². The van der Waals surface area contributed by atoms with Crippen LogP contribution in [0.2, 0.25) is 0 Å². The van der Waals surface area contributed by atoms with E-state index in [-0.39, 0.29) is 30.6 Å². The summed E-state index contributed by atoms with van der Waals surface area (Å²) in [5.74, 6) is -0.303. The molecule has 3 rings (SSSR count). The molecule has 1 unspecified atom stereocenters. The molecule has 1 fully saturated rings. The van der Waals surface area contributed by atoms with E-state index in [9.17, 15) is 14.0 Å². The van der Waals surface area contributed by atoms with Crippen LogP contribution in [0.1, 0.15) is 12.0 Å². The van der Waals surface area contributed by atoms with Crippen molar-refractivity contribution in [2.45, 2.75) is 6.42 Å². The van der Waals surface area contributed by atoms with Crippen LogP contribution in [0.25, 0.3) is 0 Å². The Hall–Kier alpha value is -3.42. The van der Waals surface area contributed by atoms with Gasteiger partial charge in [0.15, 0.2) is 11.5 Å². The van der Waals surface area contributed by atoms with Crippen molar-refractivity contribution in [1.29, 1.82) is 0 Å². The van der Waals surface area contributed by atoms with E-state index in [1.54, 1.807) is 25.3 Å². The molecule has 0 spiro atoms. The summed E-state index contributed by atoms with van der Waals surface area (Å²) in [5, 5.41) is 3.95. The second-order valence-electron chi connectivity index (χ2n) is 6.23. The Morgan fingerprint density at radius 1 is 1.18 bits per heavy atom. The number of halogens is 1. The molecule has 28 heavy (non-hydrogen) atoms. The standard InChI is InChI=1S/C20H20FN3O4/c1-27-17-8-3-13(9-18(17)28-2)11-22-23-20(26)14-10-19(25)24(12-14)16-6-4-15(21)5-7-16/h3-9,11,14H,10,12H2,1-2H3,(H,23,26)/b22-11+. The molecule has 146 valence electrons. The number of nitrogens with one attached hydrogen (secondary N) is 1. The first-order chi connectivity index (χ1) is 13.5. The monoisotopic (exact) mass is 385 g/mol. The summed E-state index contributed by atoms with van der Waals surface area (Å²) in [6.07, 6.45) is 1.56. The van der Waals surface area contributed by atoms with Crippen molar-refractivity contribution in [2.75, 3.05) is 25.7 Å². The van der Waals surface area contributed by atoms with Crippen molar-refractivity contribution in [3.05, 3.63) is 53.8 Å². The second-order valence-corrected chi connectivity index (χ2v) is 6.23. The zero-order valence-corrected chi connectivity index (χ0v) is 15.5. The quantitative estimate of drug-likeness (QED) is 0.611. The average molecular weight is 385 g/mol. The van der Waals surface area contributed by atoms with Crippen LogP contribution in [0.15, 0.2) is 47.6 Å². The van der Waals surface area contributed by atoms with Gasteiger partial charge in [-0.15, -0.1) is 0 Å². The lowest BCUT2D eigenvalue weighted by molar-refractivity contribution is -0.126. The number of benzene rings is 2. The van der Waals surface area contributed by atoms with E-state index >= 15 is 0 Å². The van der Waals surface area contributed by atoms with Gasteiger partial charge < -0.3 is 14.4 Å². The van der Waals surface area contributed by atoms with Crippen molar-refractivity contribution in [3.8, 4) is 11.5 Å². The van der Waals surface area contributed by atoms with Gasteiger partial charge in [0.2, 0.25) is 11.8 Å². The lowest BCUT2D eigenvalue weighted by Crippen LogP contribution is -2.30. The number of methoxy groups -OCH3 is 2. The predicted molar refractivity (Wildman–Crippen MR) is 102 cm³/mol. The third-order valence-electron chi connectivity index (χ3n) is 4.43. The maximum atomic E-state index is 13.0. The fraction of sp³-hybridized carbons (Fsp3) is 0.250. The highest BCUT2D eigenvalue weighted by Crippen LogP contribution is 2.27. The molecule has 1 aliphatic rings. The number of hydrogen-bond acceptors (Lipinski definition) is 5. The normalized spacial score (nSPS) is 16.5. The summed E-state index contributed by atoms with van der Waals surface area (Å²) in [5.41, 5.74) is 3.74. The summed E-state index contributed by atoms with van der Waals surface area (Å²) in [4.78, 5) is 26.0. The van der Waals surface area contributed by atoms with Gasteiger partial charge in [0.05, 0.1) is 26.4 Å². The van der Waals surface area contributed by atoms with Gasteiger partial charge in [-0.3, -0.25) is 9.59 Å². The molecule has 1 aliphatic heterocycles. The highest BCUT2D eigenvalue weighted by molar-refractivity contribution is 6.00. The Morgan fingerprint density at radius 2 is 1.89 bits per heavy atom. The molecule has 0 saturated carbocycles. The van der Waals surface area contributed by atoms with E-state index in [1.165, 1.54) is 42.5 Å². The van der Waals surface area contributed by atoms with Crippen LogP contribution in [0, 0.1) is 11.7 Å². The summed E-state index contributed by atoms with van der Waals surface area (Å²) < 4.78 is 23.4. The fourth-order valence-corrected chi connectivity index (χ4v) is 2.95. The van der Waals surface area contributed by atoms with Gasteiger partial charge in [0, 0.05) is 18.7 Å². The Morgan fingerprint density at radius 3 is 2.57 bits per heavy atom. The van der Waals surface area contributed by atoms with E-state index in [0.717, 1.165) is 0 Å². The van der Waals surface area contributed by atoms with E-state index in [4.69, 9.17) is 9.47 Å². The summed E-state index contributed by atoms with van der Waals surface area (Å²) in [6.45, 7) is 0.224. The summed E-state index contributed by atoms with van der Waals surface area (Å²) in [7, 11) is 3.08. The van der Waals surface area contributed by atoms with Gasteiger partial charge in [-0.25, -0.2) is 9.82 Å². The lowest BCUT2D eigenvalue weighted by Gasteiger charge is -2.16. The minimum absolute atomic E-state index is 0.0785. The van der Waals surface area contributed by atoms with E-state index in [0.29, 0.717) is 22.7 Å². The highest BCUT2D eigenvalue weighted by Gasteiger charge is 2.35. The van der Waals surface area contributed by atoms with Crippen molar-refractivity contribution < 1.29 is 23.5 Å². The van der Waals surface area contributed by atoms with Gasteiger partial charge >= 0.3 is 0 Å². The smallest absolute Gasteiger partial charge is 0.245 e. The zero-order chi connectivity index (χ0) is 20.1. The molecule has 7 nitrogen and oxygen atoms in total. The number of carbonyl (C=O) groups excluding carboxylic acids is 2. The van der Waals surface area contributed by atoms with Gasteiger partial charge in [-0.2, -0.15) is 5.10 Å². The SMILES string of the molecule is COc1ccc(/C=N/NC(=O)C2CC(=O)N(c3ccc(F)cc3)C2)cc1OC. The van der Waals surface area contributed by atoms with E-state index in [2.05, 4.69) is 10.5 Å². The van der Waals surface area contributed by atoms with E-state index < -0.39 is 5.92 Å². The largest absolute Gasteiger partial charge is 0.493 e. The maximum absolute atomic E-state index is 13.0. The Bertz CT molecular complexity index is 899. The summed E-state index contributed by atoms with van der Waals surface area (Å²) in [6, 6.07) is 10.8. The molecule has 2 amide bonds. The molecule has 0 bridgehead atoms. The molecule has 0 aliphatic carbocycles. The van der Waals surface area contributed by atoms with Crippen LogP contribution in [-0.4, -0.2) is 38.8 Å². The van der Waals surface area contributed by atoms with Crippen LogP contribution >= 0.6 is 0 Å². The molecule has 0 aromatic heterocycles. The second kappa shape index (κ2) is 8.51. The first-order valence-electron chi connectivity index (χ1n) is 8.62. The zero-order valence-electron chi connectivity index (χ0n) is 15.5. The van der Waals surface area contributed by atoms with Crippen LogP contribution in [0.4, 0.5) is 10.1 Å². The predicted octanol–water partition coefficient (Wildman–Crippen LogP) is 2.35. The number of rotatable bonds is 6. The number of hydrazone groups is 1. The number of anilines is 1. The molecule has 8 heteroatoms. The topological polar surface area (TPSA) is 80.2 Å². The number of nitrogens with zero attached hydrogens (tertiary/aromatic N) is 2. The molecule has 2 aromatic rings. The first-order valence-corrected chi connectivity index (χ1v) is 8.62. The molecule has 0 radical (unpaired) electrons. The number of amides is 2. The molecule has 1 atom stereocenters. The van der Waals surface area contributed by atoms with Gasteiger partial charge in [0.1, 0.15) is 5.82 Å². The first kappa shape index (κ1) is 19.3. The third-order valence-corrected chi connectivity index (χ3v) is 4.43. The van der Waals surface area contributed by atoms with Crippen molar-refractivity contribution in [2.24, 2.45) is 11.0 Å². The fourth-order valence-electron chi connectivity index (χ4n) is 2.95. The van der Waals surface area contributed by atoms with Crippen molar-refractivity contribution in [1.82, 2.24) is 5.43 Å². The maximum Gasteiger partial charge on any atom is 0.245 e. The van der Waals surface area contributed by atoms with E-state index in [1.807, 2.05) is 0 Å². The van der Waals surface area contributed by atoms with Crippen LogP contribution < -0.4 is 19.8 Å². The van der Waals surface area contributed by atoms with Crippen LogP contribution in [0.5, 0.6) is 11.5 Å². The van der Waals surface area contributed by atoms with Crippen molar-refractivity contribution in [3.63, 3.8) is 0 Å². The lowest BCUT2D eigenvalue weighted by atomic mass is 10.1. The Balaban J connectivity index is 1.60. The summed E-state index contributed by atoms with van der Waals surface area (Å²) >= 11 is 0. The van der Waals surface area contributed by atoms with Crippen LogP contribution in [0.3, 0.4) is 0 Å². The third kappa shape index (κ3) is 4.28. The number of hydrogen-bond donors (Lipinski definition) is 1.